The summed E-state index contributed by atoms with van der Waals surface area (Å²) in [6.07, 6.45) is 4.48. The van der Waals surface area contributed by atoms with Crippen LogP contribution in [0.3, 0.4) is 0 Å². The van der Waals surface area contributed by atoms with E-state index in [2.05, 4.69) is 10.4 Å². The van der Waals surface area contributed by atoms with Gasteiger partial charge in [-0.1, -0.05) is 54.8 Å². The number of hydrogen-bond donors (Lipinski definition) is 1. The molecule has 31 heavy (non-hydrogen) atoms. The second kappa shape index (κ2) is 9.52. The number of hydrazone groups is 1. The van der Waals surface area contributed by atoms with Gasteiger partial charge in [0.15, 0.2) is 0 Å². The van der Waals surface area contributed by atoms with Gasteiger partial charge in [0, 0.05) is 22.9 Å². The highest BCUT2D eigenvalue weighted by Crippen LogP contribution is 2.35. The fourth-order valence-corrected chi connectivity index (χ4v) is 4.50. The molecule has 1 heterocycles. The summed E-state index contributed by atoms with van der Waals surface area (Å²) in [6.45, 7) is -0.0682. The average Bonchev–Trinajstić information content (AvgIpc) is 3.48. The Bertz CT molecular complexity index is 984. The number of nitrogens with one attached hydrogen (secondary N) is 1. The minimum atomic E-state index is -0.270. The van der Waals surface area contributed by atoms with Gasteiger partial charge < -0.3 is 10.1 Å². The number of carbonyl (C=O) groups is 2. The Labute approximate surface area is 187 Å². The molecule has 0 radical (unpaired) electrons. The van der Waals surface area contributed by atoms with Crippen LogP contribution in [0.25, 0.3) is 0 Å². The van der Waals surface area contributed by atoms with Crippen molar-refractivity contribution in [2.75, 3.05) is 13.7 Å². The van der Waals surface area contributed by atoms with Gasteiger partial charge in [-0.25, -0.2) is 5.01 Å². The molecule has 0 saturated heterocycles. The SMILES string of the molecule is COc1ccc(C2CC(c3ccccc3Cl)=NN2C(=O)CNC(=O)C2CCCC2)cc1. The summed E-state index contributed by atoms with van der Waals surface area (Å²) in [5, 5.41) is 9.52. The maximum Gasteiger partial charge on any atom is 0.262 e. The number of halogens is 1. The molecule has 1 atom stereocenters. The molecule has 1 fully saturated rings. The third-order valence-corrected chi connectivity index (χ3v) is 6.32. The fourth-order valence-electron chi connectivity index (χ4n) is 4.26. The zero-order valence-corrected chi connectivity index (χ0v) is 18.3. The van der Waals surface area contributed by atoms with Crippen molar-refractivity contribution in [3.05, 3.63) is 64.7 Å². The molecule has 7 heteroatoms. The molecule has 0 aromatic heterocycles. The highest BCUT2D eigenvalue weighted by Gasteiger charge is 2.34. The van der Waals surface area contributed by atoms with Gasteiger partial charge in [-0.05, 0) is 36.6 Å². The molecule has 0 spiro atoms. The number of rotatable bonds is 6. The predicted octanol–water partition coefficient (Wildman–Crippen LogP) is 4.33. The molecule has 2 aliphatic rings. The van der Waals surface area contributed by atoms with Crippen molar-refractivity contribution in [2.24, 2.45) is 11.0 Å². The van der Waals surface area contributed by atoms with Crippen LogP contribution in [0.4, 0.5) is 0 Å². The first-order valence-electron chi connectivity index (χ1n) is 10.6. The Morgan fingerprint density at radius 3 is 2.52 bits per heavy atom. The third-order valence-electron chi connectivity index (χ3n) is 5.99. The van der Waals surface area contributed by atoms with Gasteiger partial charge in [-0.2, -0.15) is 5.10 Å². The molecule has 1 saturated carbocycles. The van der Waals surface area contributed by atoms with Gasteiger partial charge in [0.2, 0.25) is 5.91 Å². The highest BCUT2D eigenvalue weighted by atomic mass is 35.5. The zero-order valence-electron chi connectivity index (χ0n) is 17.5. The van der Waals surface area contributed by atoms with Crippen LogP contribution in [-0.2, 0) is 9.59 Å². The molecule has 6 nitrogen and oxygen atoms in total. The lowest BCUT2D eigenvalue weighted by molar-refractivity contribution is -0.135. The molecule has 2 aromatic rings. The number of carbonyl (C=O) groups excluding carboxylic acids is 2. The molecule has 0 bridgehead atoms. The lowest BCUT2D eigenvalue weighted by Crippen LogP contribution is -2.39. The maximum absolute atomic E-state index is 13.1. The van der Waals surface area contributed by atoms with E-state index in [0.29, 0.717) is 11.4 Å². The molecule has 1 N–H and O–H groups in total. The van der Waals surface area contributed by atoms with E-state index in [9.17, 15) is 9.59 Å². The Kier molecular flexibility index (Phi) is 6.56. The van der Waals surface area contributed by atoms with Gasteiger partial charge in [0.05, 0.1) is 25.4 Å². The zero-order chi connectivity index (χ0) is 21.8. The smallest absolute Gasteiger partial charge is 0.262 e. The van der Waals surface area contributed by atoms with E-state index in [4.69, 9.17) is 16.3 Å². The summed E-state index contributed by atoms with van der Waals surface area (Å²) in [7, 11) is 1.62. The Morgan fingerprint density at radius 2 is 1.84 bits per heavy atom. The fraction of sp³-hybridized carbons (Fsp3) is 0.375. The minimum Gasteiger partial charge on any atom is -0.497 e. The number of hydrogen-bond acceptors (Lipinski definition) is 4. The van der Waals surface area contributed by atoms with Crippen molar-refractivity contribution in [3.63, 3.8) is 0 Å². The Hall–Kier alpha value is -2.86. The summed E-state index contributed by atoms with van der Waals surface area (Å²) in [5.74, 6) is 0.484. The predicted molar refractivity (Wildman–Crippen MR) is 120 cm³/mol. The van der Waals surface area contributed by atoms with E-state index in [1.807, 2.05) is 48.5 Å². The van der Waals surface area contributed by atoms with Crippen molar-refractivity contribution >= 4 is 29.1 Å². The summed E-state index contributed by atoms with van der Waals surface area (Å²) < 4.78 is 5.25. The number of benzene rings is 2. The van der Waals surface area contributed by atoms with Crippen LogP contribution in [-0.4, -0.2) is 36.2 Å². The normalized spacial score (nSPS) is 18.7. The maximum atomic E-state index is 13.1. The summed E-state index contributed by atoms with van der Waals surface area (Å²) in [6, 6.07) is 14.8. The molecule has 1 unspecified atom stereocenters. The average molecular weight is 440 g/mol. The van der Waals surface area contributed by atoms with Gasteiger partial charge in [0.1, 0.15) is 5.75 Å². The largest absolute Gasteiger partial charge is 0.497 e. The van der Waals surface area contributed by atoms with Crippen LogP contribution < -0.4 is 10.1 Å². The molecule has 2 aromatic carbocycles. The van der Waals surface area contributed by atoms with Gasteiger partial charge in [0.25, 0.3) is 5.91 Å². The van der Waals surface area contributed by atoms with Crippen molar-refractivity contribution in [3.8, 4) is 5.75 Å². The summed E-state index contributed by atoms with van der Waals surface area (Å²) >= 11 is 6.38. The molecule has 2 amide bonds. The van der Waals surface area contributed by atoms with Crippen LogP contribution in [0.1, 0.15) is 49.3 Å². The number of methoxy groups -OCH3 is 1. The topological polar surface area (TPSA) is 71.0 Å². The first kappa shape index (κ1) is 21.4. The second-order valence-corrected chi connectivity index (χ2v) is 8.36. The van der Waals surface area contributed by atoms with E-state index in [1.165, 1.54) is 5.01 Å². The molecule has 1 aliphatic carbocycles. The lowest BCUT2D eigenvalue weighted by Gasteiger charge is -2.22. The van der Waals surface area contributed by atoms with Crippen LogP contribution in [0.5, 0.6) is 5.75 Å². The van der Waals surface area contributed by atoms with E-state index >= 15 is 0 Å². The highest BCUT2D eigenvalue weighted by molar-refractivity contribution is 6.34. The van der Waals surface area contributed by atoms with E-state index in [-0.39, 0.29) is 30.3 Å². The van der Waals surface area contributed by atoms with E-state index in [1.54, 1.807) is 7.11 Å². The first-order chi connectivity index (χ1) is 15.1. The first-order valence-corrected chi connectivity index (χ1v) is 11.0. The van der Waals surface area contributed by atoms with Crippen molar-refractivity contribution in [1.29, 1.82) is 0 Å². The van der Waals surface area contributed by atoms with Gasteiger partial charge in [-0.15, -0.1) is 0 Å². The summed E-state index contributed by atoms with van der Waals surface area (Å²) in [4.78, 5) is 25.4. The van der Waals surface area contributed by atoms with Crippen molar-refractivity contribution in [1.82, 2.24) is 10.3 Å². The monoisotopic (exact) mass is 439 g/mol. The molecule has 4 rings (SSSR count). The molecular formula is C24H26ClN3O3. The van der Waals surface area contributed by atoms with Gasteiger partial charge in [-0.3, -0.25) is 9.59 Å². The molecule has 162 valence electrons. The Balaban J connectivity index is 1.55. The van der Waals surface area contributed by atoms with E-state index in [0.717, 1.165) is 48.3 Å². The van der Waals surface area contributed by atoms with E-state index < -0.39 is 0 Å². The minimum absolute atomic E-state index is 0.0194. The lowest BCUT2D eigenvalue weighted by atomic mass is 9.98. The number of nitrogens with zero attached hydrogens (tertiary/aromatic N) is 2. The molecular weight excluding hydrogens is 414 g/mol. The van der Waals surface area contributed by atoms with Gasteiger partial charge >= 0.3 is 0 Å². The van der Waals surface area contributed by atoms with Crippen molar-refractivity contribution < 1.29 is 14.3 Å². The summed E-state index contributed by atoms with van der Waals surface area (Å²) in [5.41, 5.74) is 2.51. The second-order valence-electron chi connectivity index (χ2n) is 7.96. The third kappa shape index (κ3) is 4.74. The quantitative estimate of drug-likeness (QED) is 0.728. The van der Waals surface area contributed by atoms with Crippen LogP contribution in [0.15, 0.2) is 53.6 Å². The van der Waals surface area contributed by atoms with Crippen LogP contribution in [0, 0.1) is 5.92 Å². The standard InChI is InChI=1S/C24H26ClN3O3/c1-31-18-12-10-16(11-13-18)22-14-21(19-8-4-5-9-20(19)25)27-28(22)23(29)15-26-24(30)17-6-2-3-7-17/h4-5,8-13,17,22H,2-3,6-7,14-15H2,1H3,(H,26,30). The van der Waals surface area contributed by atoms with Crippen molar-refractivity contribution in [2.45, 2.75) is 38.1 Å². The molecule has 1 aliphatic heterocycles. The van der Waals surface area contributed by atoms with Crippen LogP contribution in [0.2, 0.25) is 5.02 Å². The Morgan fingerprint density at radius 1 is 1.13 bits per heavy atom. The number of ether oxygens (including phenoxy) is 1. The number of amides is 2. The van der Waals surface area contributed by atoms with Crippen LogP contribution >= 0.6 is 11.6 Å².